The van der Waals surface area contributed by atoms with E-state index in [2.05, 4.69) is 17.6 Å². The summed E-state index contributed by atoms with van der Waals surface area (Å²) >= 11 is 0. The number of nitrogens with one attached hydrogen (secondary N) is 2. The van der Waals surface area contributed by atoms with Crippen molar-refractivity contribution in [3.8, 4) is 23.0 Å². The van der Waals surface area contributed by atoms with E-state index in [0.717, 1.165) is 18.4 Å². The number of unbranched alkanes of at least 4 members (excludes halogenated alkanes) is 1. The molecule has 0 fully saturated rings. The average molecular weight is 547 g/mol. The molecule has 8 nitrogen and oxygen atoms in total. The van der Waals surface area contributed by atoms with Crippen LogP contribution in [0.25, 0.3) is 6.08 Å². The molecule has 3 rings (SSSR count). The van der Waals surface area contributed by atoms with E-state index in [1.165, 1.54) is 6.08 Å². The van der Waals surface area contributed by atoms with Gasteiger partial charge >= 0.3 is 0 Å². The van der Waals surface area contributed by atoms with Crippen LogP contribution in [-0.2, 0) is 4.79 Å². The van der Waals surface area contributed by atoms with Gasteiger partial charge in [-0.05, 0) is 63.1 Å². The number of amides is 2. The quantitative estimate of drug-likeness (QED) is 0.158. The Bertz CT molecular complexity index is 1290. The highest BCUT2D eigenvalue weighted by atomic mass is 16.5. The fraction of sp³-hybridized carbons (Fsp3) is 0.312. The molecular weight excluding hydrogens is 508 g/mol. The third-order valence-corrected chi connectivity index (χ3v) is 5.67. The first-order valence-electron chi connectivity index (χ1n) is 13.7. The van der Waals surface area contributed by atoms with Gasteiger partial charge in [0.15, 0.2) is 11.5 Å². The first kappa shape index (κ1) is 30.1. The van der Waals surface area contributed by atoms with Crippen molar-refractivity contribution in [3.63, 3.8) is 0 Å². The van der Waals surface area contributed by atoms with Gasteiger partial charge in [-0.1, -0.05) is 37.6 Å². The Kier molecular flexibility index (Phi) is 11.9. The zero-order chi connectivity index (χ0) is 28.7. The number of benzene rings is 3. The van der Waals surface area contributed by atoms with Crippen molar-refractivity contribution in [2.75, 3.05) is 37.1 Å². The van der Waals surface area contributed by atoms with Crippen molar-refractivity contribution < 1.29 is 28.5 Å². The van der Waals surface area contributed by atoms with Crippen molar-refractivity contribution in [2.24, 2.45) is 0 Å². The van der Waals surface area contributed by atoms with Crippen LogP contribution in [0, 0.1) is 0 Å². The van der Waals surface area contributed by atoms with Crippen molar-refractivity contribution in [3.05, 3.63) is 77.9 Å². The molecule has 0 radical (unpaired) electrons. The summed E-state index contributed by atoms with van der Waals surface area (Å²) < 4.78 is 23.1. The number of carbonyl (C=O) groups excluding carboxylic acids is 2. The second kappa shape index (κ2) is 15.8. The highest BCUT2D eigenvalue weighted by Gasteiger charge is 2.16. The first-order chi connectivity index (χ1) is 19.5. The molecular formula is C32H38N2O6. The van der Waals surface area contributed by atoms with Crippen LogP contribution in [0.5, 0.6) is 23.0 Å². The minimum atomic E-state index is -0.356. The molecule has 8 heteroatoms. The van der Waals surface area contributed by atoms with Crippen LogP contribution < -0.4 is 29.6 Å². The minimum absolute atomic E-state index is 0.281. The molecule has 3 aromatic rings. The van der Waals surface area contributed by atoms with Gasteiger partial charge in [0.25, 0.3) is 5.91 Å². The lowest BCUT2D eigenvalue weighted by molar-refractivity contribution is -0.111. The topological polar surface area (TPSA) is 95.1 Å². The van der Waals surface area contributed by atoms with Gasteiger partial charge in [-0.15, -0.1) is 0 Å². The zero-order valence-corrected chi connectivity index (χ0v) is 23.6. The lowest BCUT2D eigenvalue weighted by Gasteiger charge is -2.17. The van der Waals surface area contributed by atoms with Crippen LogP contribution in [0.2, 0.25) is 0 Å². The van der Waals surface area contributed by atoms with E-state index < -0.39 is 0 Å². The van der Waals surface area contributed by atoms with Crippen LogP contribution in [0.1, 0.15) is 56.5 Å². The molecule has 212 valence electrons. The molecule has 0 aromatic heterocycles. The number of rotatable bonds is 15. The van der Waals surface area contributed by atoms with E-state index in [-0.39, 0.29) is 11.8 Å². The molecule has 40 heavy (non-hydrogen) atoms. The average Bonchev–Trinajstić information content (AvgIpc) is 2.96. The Morgan fingerprint density at radius 3 is 1.95 bits per heavy atom. The van der Waals surface area contributed by atoms with Crippen molar-refractivity contribution in [2.45, 2.75) is 40.5 Å². The maximum Gasteiger partial charge on any atom is 0.255 e. The summed E-state index contributed by atoms with van der Waals surface area (Å²) in [4.78, 5) is 25.7. The predicted molar refractivity (Wildman–Crippen MR) is 159 cm³/mol. The smallest absolute Gasteiger partial charge is 0.255 e. The summed E-state index contributed by atoms with van der Waals surface area (Å²) in [5.74, 6) is 1.50. The highest BCUT2D eigenvalue weighted by molar-refractivity contribution is 6.06. The van der Waals surface area contributed by atoms with E-state index >= 15 is 0 Å². The summed E-state index contributed by atoms with van der Waals surface area (Å²) in [5.41, 5.74) is 2.17. The third kappa shape index (κ3) is 8.80. The van der Waals surface area contributed by atoms with E-state index in [4.69, 9.17) is 18.9 Å². The lowest BCUT2D eigenvalue weighted by atomic mass is 10.1. The van der Waals surface area contributed by atoms with Crippen LogP contribution in [-0.4, -0.2) is 38.2 Å². The van der Waals surface area contributed by atoms with Gasteiger partial charge in [0.2, 0.25) is 5.91 Å². The fourth-order valence-electron chi connectivity index (χ4n) is 3.78. The van der Waals surface area contributed by atoms with Gasteiger partial charge in [0.05, 0.1) is 37.8 Å². The Balaban J connectivity index is 1.79. The molecule has 0 spiro atoms. The van der Waals surface area contributed by atoms with E-state index in [9.17, 15) is 9.59 Å². The monoisotopic (exact) mass is 546 g/mol. The normalized spacial score (nSPS) is 10.7. The second-order valence-electron chi connectivity index (χ2n) is 8.69. The van der Waals surface area contributed by atoms with E-state index in [1.807, 2.05) is 45.0 Å². The number of carbonyl (C=O) groups is 2. The Morgan fingerprint density at radius 2 is 1.32 bits per heavy atom. The number of ether oxygens (including phenoxy) is 4. The number of anilines is 2. The van der Waals surface area contributed by atoms with Crippen LogP contribution >= 0.6 is 0 Å². The van der Waals surface area contributed by atoms with Gasteiger partial charge < -0.3 is 29.6 Å². The van der Waals surface area contributed by atoms with Crippen LogP contribution in [0.15, 0.2) is 66.7 Å². The van der Waals surface area contributed by atoms with Gasteiger partial charge in [-0.25, -0.2) is 0 Å². The van der Waals surface area contributed by atoms with Gasteiger partial charge in [-0.3, -0.25) is 9.59 Å². The zero-order valence-electron chi connectivity index (χ0n) is 23.6. The third-order valence-electron chi connectivity index (χ3n) is 5.67. The van der Waals surface area contributed by atoms with Crippen molar-refractivity contribution in [1.29, 1.82) is 0 Å². The summed E-state index contributed by atoms with van der Waals surface area (Å²) in [7, 11) is 0. The molecule has 2 N–H and O–H groups in total. The van der Waals surface area contributed by atoms with Crippen LogP contribution in [0.3, 0.4) is 0 Å². The molecule has 0 saturated carbocycles. The van der Waals surface area contributed by atoms with E-state index in [0.29, 0.717) is 66.4 Å². The summed E-state index contributed by atoms with van der Waals surface area (Å²) in [6.45, 7) is 9.57. The Morgan fingerprint density at radius 1 is 0.700 bits per heavy atom. The van der Waals surface area contributed by atoms with Crippen LogP contribution in [0.4, 0.5) is 11.4 Å². The number of hydrogen-bond donors (Lipinski definition) is 2. The Hall–Kier alpha value is -4.46. The molecule has 0 bridgehead atoms. The summed E-state index contributed by atoms with van der Waals surface area (Å²) in [6, 6.07) is 17.8. The molecule has 0 atom stereocenters. The Labute approximate surface area is 236 Å². The second-order valence-corrected chi connectivity index (χ2v) is 8.69. The predicted octanol–water partition coefficient (Wildman–Crippen LogP) is 6.97. The van der Waals surface area contributed by atoms with Gasteiger partial charge in [0.1, 0.15) is 11.5 Å². The van der Waals surface area contributed by atoms with Gasteiger partial charge in [-0.2, -0.15) is 0 Å². The maximum absolute atomic E-state index is 12.9. The van der Waals surface area contributed by atoms with E-state index in [1.54, 1.807) is 42.5 Å². The summed E-state index contributed by atoms with van der Waals surface area (Å²) in [6.07, 6.45) is 5.14. The maximum atomic E-state index is 12.9. The van der Waals surface area contributed by atoms with Crippen molar-refractivity contribution >= 4 is 29.3 Å². The minimum Gasteiger partial charge on any atom is -0.492 e. The standard InChI is InChI=1S/C32H38N2O6/c1-5-9-19-40-27-17-15-23(20-30(27)39-8-4)16-18-31(35)33-25-21-29(38-7-3)26(22-28(25)37-6-2)34-32(36)24-13-11-10-12-14-24/h10-18,20-22H,5-9,19H2,1-4H3,(H,33,35)(H,34,36)/b18-16+. The first-order valence-corrected chi connectivity index (χ1v) is 13.7. The lowest BCUT2D eigenvalue weighted by Crippen LogP contribution is -2.14. The molecule has 0 unspecified atom stereocenters. The summed E-state index contributed by atoms with van der Waals surface area (Å²) in [5, 5.41) is 5.74. The SMILES string of the molecule is CCCCOc1ccc(/C=C/C(=O)Nc2cc(OCC)c(NC(=O)c3ccccc3)cc2OCC)cc1OCC. The van der Waals surface area contributed by atoms with Crippen molar-refractivity contribution in [1.82, 2.24) is 0 Å². The molecule has 0 saturated heterocycles. The molecule has 0 aliphatic rings. The molecule has 3 aromatic carbocycles. The highest BCUT2D eigenvalue weighted by Crippen LogP contribution is 2.37. The molecule has 0 heterocycles. The fourth-order valence-corrected chi connectivity index (χ4v) is 3.78. The largest absolute Gasteiger partial charge is 0.492 e. The number of hydrogen-bond acceptors (Lipinski definition) is 6. The molecule has 2 amide bonds. The van der Waals surface area contributed by atoms with Gasteiger partial charge in [0, 0.05) is 23.8 Å². The molecule has 0 aliphatic heterocycles. The molecule has 0 aliphatic carbocycles.